The van der Waals surface area contributed by atoms with Crippen molar-refractivity contribution in [3.8, 4) is 17.0 Å². The van der Waals surface area contributed by atoms with Crippen LogP contribution in [-0.4, -0.2) is 54.8 Å². The van der Waals surface area contributed by atoms with Gasteiger partial charge in [0.25, 0.3) is 5.91 Å². The van der Waals surface area contributed by atoms with Crippen molar-refractivity contribution >= 4 is 58.2 Å². The first-order chi connectivity index (χ1) is 17.1. The summed E-state index contributed by atoms with van der Waals surface area (Å²) in [5.74, 6) is -0.0174. The zero-order valence-corrected chi connectivity index (χ0v) is 22.5. The number of hydrogen-bond acceptors (Lipinski definition) is 7. The molecule has 0 aliphatic rings. The van der Waals surface area contributed by atoms with Gasteiger partial charge in [0, 0.05) is 10.4 Å². The summed E-state index contributed by atoms with van der Waals surface area (Å²) in [5, 5.41) is 5.85. The molecule has 0 aliphatic heterocycles. The van der Waals surface area contributed by atoms with E-state index in [9.17, 15) is 9.59 Å². The van der Waals surface area contributed by atoms with Crippen LogP contribution in [-0.2, 0) is 11.3 Å². The summed E-state index contributed by atoms with van der Waals surface area (Å²) in [4.78, 5) is 31.7. The van der Waals surface area contributed by atoms with Gasteiger partial charge in [-0.2, -0.15) is 4.37 Å². The van der Waals surface area contributed by atoms with Crippen molar-refractivity contribution in [2.24, 2.45) is 10.7 Å². The molecule has 0 bridgehead atoms. The molecule has 0 aliphatic carbocycles. The van der Waals surface area contributed by atoms with Crippen molar-refractivity contribution in [2.75, 3.05) is 33.1 Å². The van der Waals surface area contributed by atoms with E-state index in [4.69, 9.17) is 33.7 Å². The molecule has 1 aromatic heterocycles. The summed E-state index contributed by atoms with van der Waals surface area (Å²) in [6, 6.07) is 10.5. The maximum absolute atomic E-state index is 13.0. The molecular formula is C24H26Cl2N6O3S. The minimum atomic E-state index is -0.414. The molecule has 36 heavy (non-hydrogen) atoms. The molecule has 0 saturated heterocycles. The lowest BCUT2D eigenvalue weighted by Gasteiger charge is -2.13. The van der Waals surface area contributed by atoms with Gasteiger partial charge in [0.1, 0.15) is 5.75 Å². The van der Waals surface area contributed by atoms with Gasteiger partial charge in [-0.15, -0.1) is 0 Å². The zero-order chi connectivity index (χ0) is 26.4. The van der Waals surface area contributed by atoms with E-state index in [-0.39, 0.29) is 35.0 Å². The number of aromatic nitrogens is 1. The Kier molecular flexibility index (Phi) is 9.27. The van der Waals surface area contributed by atoms with E-state index < -0.39 is 5.91 Å². The number of methoxy groups -OCH3 is 1. The number of carbonyl (C=O) groups is 2. The first-order valence-corrected chi connectivity index (χ1v) is 12.3. The van der Waals surface area contributed by atoms with Crippen LogP contribution in [0, 0.1) is 6.92 Å². The zero-order valence-electron chi connectivity index (χ0n) is 20.2. The fraction of sp³-hybridized carbons (Fsp3) is 0.250. The van der Waals surface area contributed by atoms with Crippen LogP contribution in [0.4, 0.5) is 5.69 Å². The number of benzene rings is 2. The molecule has 9 nitrogen and oxygen atoms in total. The lowest BCUT2D eigenvalue weighted by atomic mass is 10.1. The SMILES string of the molecule is COc1ccc(-c2nsc(C)c2C(=O)NC(N)=NCc2cc(Cl)c(NC(=O)CN(C)C)c(Cl)c2)cc1. The Morgan fingerprint density at radius 1 is 1.17 bits per heavy atom. The Hall–Kier alpha value is -3.18. The highest BCUT2D eigenvalue weighted by Crippen LogP contribution is 2.32. The Morgan fingerprint density at radius 3 is 2.39 bits per heavy atom. The minimum absolute atomic E-state index is 0.0677. The number of aryl methyl sites for hydroxylation is 1. The van der Waals surface area contributed by atoms with E-state index in [1.54, 1.807) is 50.4 Å². The molecule has 0 fully saturated rings. The molecule has 3 rings (SSSR count). The highest BCUT2D eigenvalue weighted by molar-refractivity contribution is 7.06. The normalized spacial score (nSPS) is 11.5. The largest absolute Gasteiger partial charge is 0.497 e. The van der Waals surface area contributed by atoms with Crippen LogP contribution in [0.15, 0.2) is 41.4 Å². The highest BCUT2D eigenvalue weighted by atomic mass is 35.5. The summed E-state index contributed by atoms with van der Waals surface area (Å²) < 4.78 is 9.61. The highest BCUT2D eigenvalue weighted by Gasteiger charge is 2.20. The number of aliphatic imine (C=N–C) groups is 1. The van der Waals surface area contributed by atoms with E-state index in [0.717, 1.165) is 10.4 Å². The molecule has 2 aromatic carbocycles. The van der Waals surface area contributed by atoms with Crippen LogP contribution in [0.25, 0.3) is 11.3 Å². The average molecular weight is 549 g/mol. The van der Waals surface area contributed by atoms with Gasteiger partial charge in [-0.1, -0.05) is 23.2 Å². The molecule has 4 N–H and O–H groups in total. The van der Waals surface area contributed by atoms with Gasteiger partial charge in [-0.3, -0.25) is 14.9 Å². The lowest BCUT2D eigenvalue weighted by Crippen LogP contribution is -2.37. The molecule has 2 amide bonds. The van der Waals surface area contributed by atoms with E-state index >= 15 is 0 Å². The first kappa shape index (κ1) is 27.4. The number of amides is 2. The van der Waals surface area contributed by atoms with E-state index in [1.807, 2.05) is 19.1 Å². The second kappa shape index (κ2) is 12.2. The van der Waals surface area contributed by atoms with Gasteiger partial charge in [-0.25, -0.2) is 4.99 Å². The number of halogens is 2. The van der Waals surface area contributed by atoms with E-state index in [0.29, 0.717) is 28.3 Å². The van der Waals surface area contributed by atoms with Crippen molar-refractivity contribution in [1.29, 1.82) is 0 Å². The topological polar surface area (TPSA) is 122 Å². The van der Waals surface area contributed by atoms with Crippen LogP contribution in [0.2, 0.25) is 10.0 Å². The Balaban J connectivity index is 1.71. The van der Waals surface area contributed by atoms with Crippen molar-refractivity contribution in [2.45, 2.75) is 13.5 Å². The van der Waals surface area contributed by atoms with Crippen LogP contribution < -0.4 is 21.1 Å². The Labute approximate surface area is 223 Å². The van der Waals surface area contributed by atoms with Crippen LogP contribution in [0.1, 0.15) is 20.8 Å². The van der Waals surface area contributed by atoms with E-state index in [2.05, 4.69) is 20.0 Å². The predicted molar refractivity (Wildman–Crippen MR) is 145 cm³/mol. The molecular weight excluding hydrogens is 523 g/mol. The molecule has 0 atom stereocenters. The number of anilines is 1. The summed E-state index contributed by atoms with van der Waals surface area (Å²) in [7, 11) is 5.15. The predicted octanol–water partition coefficient (Wildman–Crippen LogP) is 4.18. The Morgan fingerprint density at radius 2 is 1.81 bits per heavy atom. The van der Waals surface area contributed by atoms with Crippen LogP contribution in [0.5, 0.6) is 5.75 Å². The molecule has 1 heterocycles. The van der Waals surface area contributed by atoms with Gasteiger partial charge in [0.2, 0.25) is 5.91 Å². The molecule has 0 unspecified atom stereocenters. The Bertz CT molecular complexity index is 1270. The third-order valence-electron chi connectivity index (χ3n) is 4.95. The third kappa shape index (κ3) is 6.94. The molecule has 0 spiro atoms. The molecule has 3 aromatic rings. The first-order valence-electron chi connectivity index (χ1n) is 10.7. The maximum atomic E-state index is 13.0. The fourth-order valence-electron chi connectivity index (χ4n) is 3.28. The van der Waals surface area contributed by atoms with Crippen LogP contribution in [0.3, 0.4) is 0 Å². The molecule has 0 radical (unpaired) electrons. The summed E-state index contributed by atoms with van der Waals surface area (Å²) in [6.07, 6.45) is 0. The van der Waals surface area contributed by atoms with Crippen molar-refractivity contribution < 1.29 is 14.3 Å². The number of nitrogens with one attached hydrogen (secondary N) is 2. The molecule has 190 valence electrons. The van der Waals surface area contributed by atoms with Crippen molar-refractivity contribution in [3.05, 3.63) is 62.4 Å². The average Bonchev–Trinajstić information content (AvgIpc) is 3.21. The van der Waals surface area contributed by atoms with Gasteiger partial charge in [0.05, 0.1) is 47.2 Å². The van der Waals surface area contributed by atoms with E-state index in [1.165, 1.54) is 11.5 Å². The second-order valence-electron chi connectivity index (χ2n) is 8.07. The number of nitrogens with zero attached hydrogens (tertiary/aromatic N) is 3. The van der Waals surface area contributed by atoms with Gasteiger partial charge >= 0.3 is 0 Å². The van der Waals surface area contributed by atoms with Gasteiger partial charge in [0.15, 0.2) is 5.96 Å². The summed E-state index contributed by atoms with van der Waals surface area (Å²) >= 11 is 13.9. The maximum Gasteiger partial charge on any atom is 0.261 e. The fourth-order valence-corrected chi connectivity index (χ4v) is 4.62. The monoisotopic (exact) mass is 548 g/mol. The molecule has 0 saturated carbocycles. The number of hydrogen-bond donors (Lipinski definition) is 3. The summed E-state index contributed by atoms with van der Waals surface area (Å²) in [6.45, 7) is 2.12. The number of carbonyl (C=O) groups excluding carboxylic acids is 2. The number of nitrogens with two attached hydrogens (primary N) is 1. The third-order valence-corrected chi connectivity index (χ3v) is 6.30. The lowest BCUT2D eigenvalue weighted by molar-refractivity contribution is -0.116. The van der Waals surface area contributed by atoms with Crippen molar-refractivity contribution in [1.82, 2.24) is 14.6 Å². The standard InChI is InChI=1S/C24H26Cl2N6O3S/c1-13-20(21(31-36-13)15-5-7-16(35-4)8-6-15)23(34)30-24(27)28-11-14-9-17(25)22(18(26)10-14)29-19(33)12-32(2)3/h5-10H,11-12H2,1-4H3,(H,29,33)(H3,27,28,30,34). The number of rotatable bonds is 8. The van der Waals surface area contributed by atoms with Gasteiger partial charge in [-0.05, 0) is 74.5 Å². The number of likely N-dealkylation sites (N-methyl/N-ethyl adjacent to an activating group) is 1. The smallest absolute Gasteiger partial charge is 0.261 e. The minimum Gasteiger partial charge on any atom is -0.497 e. The summed E-state index contributed by atoms with van der Waals surface area (Å²) in [5.41, 5.74) is 8.71. The van der Waals surface area contributed by atoms with Crippen LogP contribution >= 0.6 is 34.7 Å². The molecule has 12 heteroatoms. The second-order valence-corrected chi connectivity index (χ2v) is 9.86. The number of guanidine groups is 1. The number of ether oxygens (including phenoxy) is 1. The van der Waals surface area contributed by atoms with Crippen molar-refractivity contribution in [3.63, 3.8) is 0 Å². The quantitative estimate of drug-likeness (QED) is 0.286. The van der Waals surface area contributed by atoms with Gasteiger partial charge < -0.3 is 20.7 Å².